The van der Waals surface area contributed by atoms with Crippen LogP contribution in [-0.4, -0.2) is 62.0 Å². The predicted molar refractivity (Wildman–Crippen MR) is 100 cm³/mol. The number of hydrogen-bond donors (Lipinski definition) is 0. The van der Waals surface area contributed by atoms with Gasteiger partial charge in [-0.25, -0.2) is 8.42 Å². The number of benzene rings is 1. The molecule has 8 heteroatoms. The first-order valence-corrected chi connectivity index (χ1v) is 10.9. The van der Waals surface area contributed by atoms with Gasteiger partial charge in [-0.05, 0) is 23.6 Å². The van der Waals surface area contributed by atoms with Crippen molar-refractivity contribution in [2.75, 3.05) is 31.9 Å². The predicted octanol–water partition coefficient (Wildman–Crippen LogP) is 2.14. The van der Waals surface area contributed by atoms with E-state index < -0.39 is 9.84 Å². The normalized spacial score (nSPS) is 15.1. The van der Waals surface area contributed by atoms with Crippen molar-refractivity contribution in [3.8, 4) is 0 Å². The minimum absolute atomic E-state index is 0.0268. The Balaban J connectivity index is 1.73. The lowest BCUT2D eigenvalue weighted by Gasteiger charge is -2.34. The molecule has 1 aliphatic rings. The number of rotatable bonds is 4. The molecular weight excluding hydrogens is 372 g/mol. The Labute approximate surface area is 157 Å². The van der Waals surface area contributed by atoms with Crippen LogP contribution in [0.5, 0.6) is 0 Å². The molecule has 26 heavy (non-hydrogen) atoms. The van der Waals surface area contributed by atoms with Crippen molar-refractivity contribution in [2.45, 2.75) is 11.8 Å². The second-order valence-corrected chi connectivity index (χ2v) is 9.16. The third kappa shape index (κ3) is 3.66. The van der Waals surface area contributed by atoms with Crippen molar-refractivity contribution < 1.29 is 18.0 Å². The van der Waals surface area contributed by atoms with Gasteiger partial charge in [-0.1, -0.05) is 25.1 Å². The van der Waals surface area contributed by atoms with Crippen LogP contribution in [0.25, 0.3) is 0 Å². The standard InChI is InChI=1S/C18H20N2O4S2/c1-2-26(23,24)16-8-4-3-6-14(16)17(21)19-9-11-20(12-10-19)18(22)15-7-5-13-25-15/h3-8,13H,2,9-12H2,1H3. The molecule has 6 nitrogen and oxygen atoms in total. The minimum atomic E-state index is -3.48. The van der Waals surface area contributed by atoms with E-state index in [0.717, 1.165) is 0 Å². The molecule has 0 bridgehead atoms. The molecule has 1 aromatic carbocycles. The van der Waals surface area contributed by atoms with E-state index in [2.05, 4.69) is 0 Å². The van der Waals surface area contributed by atoms with E-state index >= 15 is 0 Å². The van der Waals surface area contributed by atoms with Crippen molar-refractivity contribution in [3.05, 3.63) is 52.2 Å². The fraction of sp³-hybridized carbons (Fsp3) is 0.333. The second-order valence-electron chi connectivity index (χ2n) is 5.96. The molecule has 2 amide bonds. The lowest BCUT2D eigenvalue weighted by molar-refractivity contribution is 0.0536. The Morgan fingerprint density at radius 2 is 1.58 bits per heavy atom. The molecule has 0 radical (unpaired) electrons. The SMILES string of the molecule is CCS(=O)(=O)c1ccccc1C(=O)N1CCN(C(=O)c2cccs2)CC1. The highest BCUT2D eigenvalue weighted by atomic mass is 32.2. The topological polar surface area (TPSA) is 74.8 Å². The summed E-state index contributed by atoms with van der Waals surface area (Å²) >= 11 is 1.40. The van der Waals surface area contributed by atoms with Gasteiger partial charge in [0.25, 0.3) is 11.8 Å². The number of nitrogens with zero attached hydrogens (tertiary/aromatic N) is 2. The molecule has 2 aromatic rings. The van der Waals surface area contributed by atoms with Crippen LogP contribution in [0.1, 0.15) is 27.0 Å². The third-order valence-corrected chi connectivity index (χ3v) is 7.06. The molecule has 2 heterocycles. The molecule has 138 valence electrons. The summed E-state index contributed by atoms with van der Waals surface area (Å²) in [5.74, 6) is -0.387. The average molecular weight is 393 g/mol. The maximum atomic E-state index is 12.8. The van der Waals surface area contributed by atoms with Gasteiger partial charge in [0, 0.05) is 26.2 Å². The van der Waals surface area contributed by atoms with Crippen LogP contribution in [0, 0.1) is 0 Å². The largest absolute Gasteiger partial charge is 0.335 e. The minimum Gasteiger partial charge on any atom is -0.335 e. The molecule has 0 atom stereocenters. The number of hydrogen-bond acceptors (Lipinski definition) is 5. The van der Waals surface area contributed by atoms with Crippen molar-refractivity contribution >= 4 is 33.0 Å². The fourth-order valence-corrected chi connectivity index (χ4v) is 4.69. The maximum Gasteiger partial charge on any atom is 0.264 e. The molecule has 0 aliphatic carbocycles. The monoisotopic (exact) mass is 392 g/mol. The summed E-state index contributed by atoms with van der Waals surface area (Å²) in [6.07, 6.45) is 0. The maximum absolute atomic E-state index is 12.8. The van der Waals surface area contributed by atoms with Gasteiger partial charge in [0.15, 0.2) is 9.84 Å². The highest BCUT2D eigenvalue weighted by Crippen LogP contribution is 2.20. The second kappa shape index (κ2) is 7.59. The number of thiophene rings is 1. The number of sulfone groups is 1. The fourth-order valence-electron chi connectivity index (χ4n) is 2.91. The zero-order chi connectivity index (χ0) is 18.7. The van der Waals surface area contributed by atoms with E-state index in [9.17, 15) is 18.0 Å². The van der Waals surface area contributed by atoms with Crippen molar-refractivity contribution in [2.24, 2.45) is 0 Å². The third-order valence-electron chi connectivity index (χ3n) is 4.42. The summed E-state index contributed by atoms with van der Waals surface area (Å²) in [6, 6.07) is 9.94. The summed E-state index contributed by atoms with van der Waals surface area (Å²) in [6.45, 7) is 3.20. The van der Waals surface area contributed by atoms with Crippen LogP contribution in [0.15, 0.2) is 46.7 Å². The van der Waals surface area contributed by atoms with E-state index in [4.69, 9.17) is 0 Å². The van der Waals surface area contributed by atoms with Gasteiger partial charge in [0.2, 0.25) is 0 Å². The highest BCUT2D eigenvalue weighted by molar-refractivity contribution is 7.91. The van der Waals surface area contributed by atoms with Crippen LogP contribution in [0.4, 0.5) is 0 Å². The zero-order valence-corrected chi connectivity index (χ0v) is 16.1. The van der Waals surface area contributed by atoms with E-state index in [1.54, 1.807) is 41.0 Å². The Bertz CT molecular complexity index is 899. The summed E-state index contributed by atoms with van der Waals surface area (Å²) in [4.78, 5) is 29.3. The van der Waals surface area contributed by atoms with Gasteiger partial charge in [-0.15, -0.1) is 11.3 Å². The Hall–Kier alpha value is -2.19. The van der Waals surface area contributed by atoms with Crippen LogP contribution >= 0.6 is 11.3 Å². The summed E-state index contributed by atoms with van der Waals surface area (Å²) < 4.78 is 24.5. The number of piperazine rings is 1. The van der Waals surface area contributed by atoms with E-state index in [1.807, 2.05) is 11.4 Å². The molecular formula is C18H20N2O4S2. The van der Waals surface area contributed by atoms with Gasteiger partial charge < -0.3 is 9.80 Å². The first-order chi connectivity index (χ1) is 12.4. The van der Waals surface area contributed by atoms with Crippen LogP contribution in [-0.2, 0) is 9.84 Å². The van der Waals surface area contributed by atoms with E-state index in [0.29, 0.717) is 31.1 Å². The Morgan fingerprint density at radius 3 is 2.15 bits per heavy atom. The van der Waals surface area contributed by atoms with Gasteiger partial charge in [-0.2, -0.15) is 0 Å². The van der Waals surface area contributed by atoms with Crippen molar-refractivity contribution in [1.29, 1.82) is 0 Å². The van der Waals surface area contributed by atoms with Gasteiger partial charge in [-0.3, -0.25) is 9.59 Å². The van der Waals surface area contributed by atoms with Gasteiger partial charge in [0.05, 0.1) is 21.1 Å². The number of carbonyl (C=O) groups excluding carboxylic acids is 2. The summed E-state index contributed by atoms with van der Waals surface area (Å²) in [7, 11) is -3.48. The first-order valence-electron chi connectivity index (χ1n) is 8.38. The molecule has 1 aromatic heterocycles. The van der Waals surface area contributed by atoms with Gasteiger partial charge in [0.1, 0.15) is 0 Å². The van der Waals surface area contributed by atoms with Crippen LogP contribution in [0.3, 0.4) is 0 Å². The van der Waals surface area contributed by atoms with E-state index in [-0.39, 0.29) is 28.0 Å². The molecule has 0 saturated carbocycles. The summed E-state index contributed by atoms with van der Waals surface area (Å²) in [5.41, 5.74) is 0.201. The zero-order valence-electron chi connectivity index (χ0n) is 14.4. The van der Waals surface area contributed by atoms with Crippen LogP contribution in [0.2, 0.25) is 0 Å². The molecule has 0 N–H and O–H groups in total. The van der Waals surface area contributed by atoms with Crippen LogP contribution < -0.4 is 0 Å². The quantitative estimate of drug-likeness (QED) is 0.799. The molecule has 1 aliphatic heterocycles. The molecule has 1 fully saturated rings. The van der Waals surface area contributed by atoms with Crippen molar-refractivity contribution in [1.82, 2.24) is 9.80 Å². The molecule has 0 unspecified atom stereocenters. The number of amides is 2. The highest BCUT2D eigenvalue weighted by Gasteiger charge is 2.28. The Kier molecular flexibility index (Phi) is 5.43. The first kappa shape index (κ1) is 18.6. The molecule has 0 spiro atoms. The lowest BCUT2D eigenvalue weighted by atomic mass is 10.1. The average Bonchev–Trinajstić information content (AvgIpc) is 3.22. The Morgan fingerprint density at radius 1 is 0.962 bits per heavy atom. The number of carbonyl (C=O) groups is 2. The van der Waals surface area contributed by atoms with Gasteiger partial charge >= 0.3 is 0 Å². The lowest BCUT2D eigenvalue weighted by Crippen LogP contribution is -2.50. The smallest absolute Gasteiger partial charge is 0.264 e. The van der Waals surface area contributed by atoms with Crippen molar-refractivity contribution in [3.63, 3.8) is 0 Å². The van der Waals surface area contributed by atoms with E-state index in [1.165, 1.54) is 17.4 Å². The summed E-state index contributed by atoms with van der Waals surface area (Å²) in [5, 5.41) is 1.86. The molecule has 3 rings (SSSR count). The molecule has 1 saturated heterocycles.